The summed E-state index contributed by atoms with van der Waals surface area (Å²) in [5, 5.41) is 3.33. The molecule has 138 valence electrons. The topological polar surface area (TPSA) is 54.7 Å². The van der Waals surface area contributed by atoms with E-state index in [9.17, 15) is 4.79 Å². The van der Waals surface area contributed by atoms with Gasteiger partial charge in [-0.05, 0) is 44.1 Å². The van der Waals surface area contributed by atoms with E-state index in [4.69, 9.17) is 9.15 Å². The van der Waals surface area contributed by atoms with Crippen molar-refractivity contribution in [3.05, 3.63) is 23.2 Å². The zero-order chi connectivity index (χ0) is 17.6. The molecule has 2 atom stereocenters. The number of furan rings is 1. The normalized spacial score (nSPS) is 27.8. The maximum atomic E-state index is 13.1. The first-order valence-corrected chi connectivity index (χ1v) is 9.65. The van der Waals surface area contributed by atoms with Gasteiger partial charge in [0.05, 0.1) is 12.6 Å². The van der Waals surface area contributed by atoms with Gasteiger partial charge in [-0.2, -0.15) is 0 Å². The number of nitrogens with one attached hydrogen (secondary N) is 1. The van der Waals surface area contributed by atoms with E-state index >= 15 is 0 Å². The summed E-state index contributed by atoms with van der Waals surface area (Å²) in [6, 6.07) is 2.65. The molecule has 0 spiro atoms. The molecule has 1 aromatic heterocycles. The van der Waals surface area contributed by atoms with Crippen molar-refractivity contribution in [2.24, 2.45) is 11.3 Å². The molecule has 1 aliphatic heterocycles. The Morgan fingerprint density at radius 3 is 2.84 bits per heavy atom. The third kappa shape index (κ3) is 3.71. The maximum absolute atomic E-state index is 13.1. The van der Waals surface area contributed by atoms with Crippen molar-refractivity contribution in [3.63, 3.8) is 0 Å². The lowest BCUT2D eigenvalue weighted by molar-refractivity contribution is 0.156. The Morgan fingerprint density at radius 2 is 2.16 bits per heavy atom. The minimum Gasteiger partial charge on any atom is -0.466 e. The fourth-order valence-corrected chi connectivity index (χ4v) is 4.33. The van der Waals surface area contributed by atoms with Gasteiger partial charge in [0.15, 0.2) is 0 Å². The highest BCUT2D eigenvalue weighted by atomic mass is 16.5. The molecule has 2 aliphatic carbocycles. The SMILES string of the molecule is Cc1cc2c(o1)CC(C)(C)C[C@@H]2NC(=O)N(C[C@H]1CCOC1)C1CC1. The first kappa shape index (κ1) is 17.0. The summed E-state index contributed by atoms with van der Waals surface area (Å²) in [4.78, 5) is 15.1. The first-order valence-electron chi connectivity index (χ1n) is 9.65. The first-order chi connectivity index (χ1) is 11.9. The fraction of sp³-hybridized carbons (Fsp3) is 0.750. The number of fused-ring (bicyclic) bond motifs is 1. The van der Waals surface area contributed by atoms with Crippen LogP contribution in [0.15, 0.2) is 10.5 Å². The predicted octanol–water partition coefficient (Wildman–Crippen LogP) is 3.81. The largest absolute Gasteiger partial charge is 0.466 e. The van der Waals surface area contributed by atoms with Crippen LogP contribution in [0.5, 0.6) is 0 Å². The number of urea groups is 1. The van der Waals surface area contributed by atoms with E-state index in [1.54, 1.807) is 0 Å². The number of hydrogen-bond donors (Lipinski definition) is 1. The Labute approximate surface area is 150 Å². The molecule has 0 aromatic carbocycles. The number of hydrogen-bond acceptors (Lipinski definition) is 3. The van der Waals surface area contributed by atoms with Crippen molar-refractivity contribution >= 4 is 6.03 Å². The number of aryl methyl sites for hydroxylation is 1. The molecule has 3 aliphatic rings. The molecule has 2 fully saturated rings. The Balaban J connectivity index is 1.48. The van der Waals surface area contributed by atoms with Gasteiger partial charge in [-0.15, -0.1) is 0 Å². The number of amides is 2. The van der Waals surface area contributed by atoms with E-state index in [-0.39, 0.29) is 17.5 Å². The van der Waals surface area contributed by atoms with Crippen LogP contribution in [0.2, 0.25) is 0 Å². The van der Waals surface area contributed by atoms with Crippen LogP contribution in [0, 0.1) is 18.3 Å². The number of carbonyl (C=O) groups excluding carboxylic acids is 1. The minimum atomic E-state index is 0.0461. The van der Waals surface area contributed by atoms with Gasteiger partial charge in [-0.3, -0.25) is 0 Å². The smallest absolute Gasteiger partial charge is 0.318 e. The minimum absolute atomic E-state index is 0.0461. The fourth-order valence-electron chi connectivity index (χ4n) is 4.33. The number of rotatable bonds is 4. The highest BCUT2D eigenvalue weighted by Crippen LogP contribution is 2.42. The second kappa shape index (κ2) is 6.35. The molecular weight excluding hydrogens is 316 g/mol. The Kier molecular flexibility index (Phi) is 4.30. The molecule has 1 aromatic rings. The van der Waals surface area contributed by atoms with Gasteiger partial charge >= 0.3 is 6.03 Å². The van der Waals surface area contributed by atoms with E-state index in [2.05, 4.69) is 30.1 Å². The summed E-state index contributed by atoms with van der Waals surface area (Å²) < 4.78 is 11.4. The van der Waals surface area contributed by atoms with Gasteiger partial charge in [0.1, 0.15) is 11.5 Å². The zero-order valence-corrected chi connectivity index (χ0v) is 15.6. The lowest BCUT2D eigenvalue weighted by Gasteiger charge is -2.36. The summed E-state index contributed by atoms with van der Waals surface area (Å²) in [6.45, 7) is 8.94. The zero-order valence-electron chi connectivity index (χ0n) is 15.6. The predicted molar refractivity (Wildman–Crippen MR) is 95.5 cm³/mol. The van der Waals surface area contributed by atoms with Gasteiger partial charge in [0.25, 0.3) is 0 Å². The molecule has 2 amide bonds. The van der Waals surface area contributed by atoms with Gasteiger partial charge in [-0.25, -0.2) is 4.79 Å². The number of nitrogens with zero attached hydrogens (tertiary/aromatic N) is 1. The molecule has 1 saturated carbocycles. The van der Waals surface area contributed by atoms with Crippen molar-refractivity contribution in [2.45, 2.75) is 65.0 Å². The highest BCUT2D eigenvalue weighted by molar-refractivity contribution is 5.75. The number of ether oxygens (including phenoxy) is 1. The second-order valence-electron chi connectivity index (χ2n) is 8.90. The van der Waals surface area contributed by atoms with E-state index in [1.165, 1.54) is 5.56 Å². The van der Waals surface area contributed by atoms with Crippen LogP contribution in [-0.4, -0.2) is 36.7 Å². The van der Waals surface area contributed by atoms with Crippen LogP contribution in [0.25, 0.3) is 0 Å². The number of carbonyl (C=O) groups is 1. The molecule has 0 unspecified atom stereocenters. The molecule has 0 radical (unpaired) electrons. The van der Waals surface area contributed by atoms with Crippen LogP contribution in [0.4, 0.5) is 4.79 Å². The molecule has 5 nitrogen and oxygen atoms in total. The molecule has 1 saturated heterocycles. The summed E-state index contributed by atoms with van der Waals surface area (Å²) >= 11 is 0. The molecule has 25 heavy (non-hydrogen) atoms. The summed E-state index contributed by atoms with van der Waals surface area (Å²) in [5.74, 6) is 2.46. The second-order valence-corrected chi connectivity index (χ2v) is 8.90. The van der Waals surface area contributed by atoms with Crippen molar-refractivity contribution in [3.8, 4) is 0 Å². The average molecular weight is 346 g/mol. The maximum Gasteiger partial charge on any atom is 0.318 e. The molecule has 1 N–H and O–H groups in total. The quantitative estimate of drug-likeness (QED) is 0.902. The van der Waals surface area contributed by atoms with Crippen LogP contribution in [-0.2, 0) is 11.2 Å². The lowest BCUT2D eigenvalue weighted by Crippen LogP contribution is -2.46. The Hall–Kier alpha value is -1.49. The summed E-state index contributed by atoms with van der Waals surface area (Å²) in [6.07, 6.45) is 5.22. The third-order valence-electron chi connectivity index (χ3n) is 5.76. The van der Waals surface area contributed by atoms with E-state index in [0.717, 1.165) is 63.4 Å². The van der Waals surface area contributed by atoms with Crippen molar-refractivity contribution < 1.29 is 13.9 Å². The van der Waals surface area contributed by atoms with Gasteiger partial charge in [-0.1, -0.05) is 13.8 Å². The Bertz CT molecular complexity index is 641. The molecule has 2 heterocycles. The van der Waals surface area contributed by atoms with E-state index in [0.29, 0.717) is 12.0 Å². The lowest BCUT2D eigenvalue weighted by atomic mass is 9.75. The van der Waals surface area contributed by atoms with Crippen LogP contribution >= 0.6 is 0 Å². The average Bonchev–Trinajstić information content (AvgIpc) is 3.09. The summed E-state index contributed by atoms with van der Waals surface area (Å²) in [7, 11) is 0. The monoisotopic (exact) mass is 346 g/mol. The molecular formula is C20H30N2O3. The summed E-state index contributed by atoms with van der Waals surface area (Å²) in [5.41, 5.74) is 1.31. The van der Waals surface area contributed by atoms with Crippen LogP contribution < -0.4 is 5.32 Å². The van der Waals surface area contributed by atoms with Gasteiger partial charge in [0.2, 0.25) is 0 Å². The van der Waals surface area contributed by atoms with Crippen molar-refractivity contribution in [1.29, 1.82) is 0 Å². The van der Waals surface area contributed by atoms with E-state index in [1.807, 2.05) is 6.92 Å². The molecule has 0 bridgehead atoms. The van der Waals surface area contributed by atoms with E-state index < -0.39 is 0 Å². The Morgan fingerprint density at radius 1 is 1.36 bits per heavy atom. The van der Waals surface area contributed by atoms with Crippen LogP contribution in [0.3, 0.4) is 0 Å². The van der Waals surface area contributed by atoms with Gasteiger partial charge in [0, 0.05) is 37.1 Å². The van der Waals surface area contributed by atoms with Crippen molar-refractivity contribution in [1.82, 2.24) is 10.2 Å². The van der Waals surface area contributed by atoms with Crippen LogP contribution in [0.1, 0.15) is 62.7 Å². The molecule has 5 heteroatoms. The third-order valence-corrected chi connectivity index (χ3v) is 5.76. The molecule has 4 rings (SSSR count). The van der Waals surface area contributed by atoms with Gasteiger partial charge < -0.3 is 19.4 Å². The van der Waals surface area contributed by atoms with Crippen molar-refractivity contribution in [2.75, 3.05) is 19.8 Å². The standard InChI is InChI=1S/C20H30N2O3/c1-13-8-16-17(9-20(2,3)10-18(16)25-13)21-19(23)22(15-4-5-15)11-14-6-7-24-12-14/h8,14-15,17H,4-7,9-12H2,1-3H3,(H,21,23)/t14-,17+/m1/s1. The highest BCUT2D eigenvalue weighted by Gasteiger charge is 2.39.